The minimum atomic E-state index is -1.03. The predicted molar refractivity (Wildman–Crippen MR) is 183 cm³/mol. The molecule has 0 aromatic rings. The Hall–Kier alpha value is -0.320. The molecular weight excluding hydrogens is 606 g/mol. The third-order valence-electron chi connectivity index (χ3n) is 16.7. The maximum atomic E-state index is 12.6. The summed E-state index contributed by atoms with van der Waals surface area (Å²) in [6.07, 6.45) is 7.98. The normalized spacial score (nSPS) is 52.4. The molecule has 0 aromatic carbocycles. The zero-order valence-corrected chi connectivity index (χ0v) is 31.5. The lowest BCUT2D eigenvalue weighted by Gasteiger charge is -2.64. The van der Waals surface area contributed by atoms with Crippen molar-refractivity contribution in [3.63, 3.8) is 0 Å². The van der Waals surface area contributed by atoms with Crippen LogP contribution < -0.4 is 0 Å². The van der Waals surface area contributed by atoms with Crippen LogP contribution in [0.5, 0.6) is 0 Å². The van der Waals surface area contributed by atoms with Gasteiger partial charge in [-0.25, -0.2) is 0 Å². The van der Waals surface area contributed by atoms with Crippen LogP contribution >= 0.6 is 0 Å². The van der Waals surface area contributed by atoms with Crippen LogP contribution in [0.2, 0.25) is 0 Å². The van der Waals surface area contributed by atoms with E-state index in [9.17, 15) is 10.2 Å². The van der Waals surface area contributed by atoms with E-state index in [2.05, 4.69) is 39.5 Å². The second-order valence-electron chi connectivity index (χ2n) is 19.9. The van der Waals surface area contributed by atoms with Gasteiger partial charge in [0.15, 0.2) is 6.29 Å². The first kappa shape index (κ1) is 34.7. The average molecular weight is 674 g/mol. The standard InChI is InChI=1S/C40H67NO7/c1-23(2)46-34(36(6,7)43)26-18-24(3)31-32(47-26)33(42)38(9)28-11-10-27-35(4,5)29(48-30-19-41(16-17-45-30)25-20-44-21-25)12-13-39(27)22-40(28,39)15-14-37(31,38)8/h23-34,42-43H,10-22H2,1-9H3/t24-,26?,27+,28?,29?,30+,31+,32?,33+,34?,37?,38-,39?,40?/m1/s1. The van der Waals surface area contributed by atoms with Gasteiger partial charge >= 0.3 is 0 Å². The Morgan fingerprint density at radius 2 is 1.67 bits per heavy atom. The average Bonchev–Trinajstić information content (AvgIpc) is 3.61. The van der Waals surface area contributed by atoms with Crippen LogP contribution in [0.1, 0.15) is 114 Å². The van der Waals surface area contributed by atoms with E-state index in [1.54, 1.807) is 0 Å². The fourth-order valence-electron chi connectivity index (χ4n) is 14.4. The molecule has 3 saturated heterocycles. The number of aliphatic hydroxyl groups is 2. The molecular formula is C40H67NO7. The predicted octanol–water partition coefficient (Wildman–Crippen LogP) is 5.81. The molecule has 48 heavy (non-hydrogen) atoms. The van der Waals surface area contributed by atoms with Crippen LogP contribution in [0.25, 0.3) is 0 Å². The zero-order valence-electron chi connectivity index (χ0n) is 31.5. The first-order chi connectivity index (χ1) is 22.5. The highest BCUT2D eigenvalue weighted by atomic mass is 16.7. The van der Waals surface area contributed by atoms with Crippen molar-refractivity contribution in [2.75, 3.05) is 32.9 Å². The van der Waals surface area contributed by atoms with E-state index in [1.165, 1.54) is 38.5 Å². The number of ether oxygens (including phenoxy) is 5. The third-order valence-corrected chi connectivity index (χ3v) is 16.7. The third kappa shape index (κ3) is 4.67. The SMILES string of the molecule is CC(C)OC(C1C[C@@H](C)[C@H]2C(O1)[C@H](O)[C@@]1(C)C3CC[C@H]4C(C)(C)C(O[C@H]5CN(C6COC6)CCO5)CCC45CC35CCC21C)C(C)(C)O. The molecule has 5 saturated carbocycles. The van der Waals surface area contributed by atoms with Gasteiger partial charge in [0.25, 0.3) is 0 Å². The molecule has 3 heterocycles. The molecule has 2 spiro atoms. The highest BCUT2D eigenvalue weighted by Gasteiger charge is 2.84. The monoisotopic (exact) mass is 673 g/mol. The molecule has 0 aromatic heterocycles. The lowest BCUT2D eigenvalue weighted by atomic mass is 9.41. The van der Waals surface area contributed by atoms with E-state index >= 15 is 0 Å². The van der Waals surface area contributed by atoms with E-state index in [4.69, 9.17) is 23.7 Å². The van der Waals surface area contributed by atoms with Gasteiger partial charge in [-0.05, 0) is 124 Å². The van der Waals surface area contributed by atoms with Gasteiger partial charge in [0.2, 0.25) is 0 Å². The zero-order chi connectivity index (χ0) is 34.2. The number of morpholine rings is 1. The summed E-state index contributed by atoms with van der Waals surface area (Å²) >= 11 is 0. The second kappa shape index (κ2) is 11.3. The Morgan fingerprint density at radius 1 is 0.958 bits per heavy atom. The Balaban J connectivity index is 1.03. The van der Waals surface area contributed by atoms with Crippen molar-refractivity contribution in [1.29, 1.82) is 0 Å². The minimum Gasteiger partial charge on any atom is -0.390 e. The number of nitrogens with zero attached hydrogens (tertiary/aromatic N) is 1. The van der Waals surface area contributed by atoms with Crippen LogP contribution in [0.3, 0.4) is 0 Å². The maximum absolute atomic E-state index is 12.6. The number of hydrogen-bond donors (Lipinski definition) is 2. The van der Waals surface area contributed by atoms with Crippen molar-refractivity contribution < 1.29 is 33.9 Å². The molecule has 8 heteroatoms. The molecule has 0 radical (unpaired) electrons. The Kier molecular flexibility index (Phi) is 8.21. The van der Waals surface area contributed by atoms with E-state index < -0.39 is 17.8 Å². The smallest absolute Gasteiger partial charge is 0.170 e. The highest BCUT2D eigenvalue weighted by molar-refractivity contribution is 5.33. The van der Waals surface area contributed by atoms with Crippen molar-refractivity contribution in [1.82, 2.24) is 4.90 Å². The first-order valence-electron chi connectivity index (χ1n) is 19.8. The Bertz CT molecular complexity index is 1230. The maximum Gasteiger partial charge on any atom is 0.170 e. The molecule has 14 atom stereocenters. The van der Waals surface area contributed by atoms with Crippen LogP contribution in [-0.4, -0.2) is 103 Å². The van der Waals surface area contributed by atoms with Crippen LogP contribution in [0.15, 0.2) is 0 Å². The molecule has 8 aliphatic rings. The summed E-state index contributed by atoms with van der Waals surface area (Å²) in [7, 11) is 0. The fraction of sp³-hybridized carbons (Fsp3) is 1.00. The van der Waals surface area contributed by atoms with Crippen LogP contribution in [-0.2, 0) is 23.7 Å². The Morgan fingerprint density at radius 3 is 2.33 bits per heavy atom. The largest absolute Gasteiger partial charge is 0.390 e. The molecule has 2 N–H and O–H groups in total. The summed E-state index contributed by atoms with van der Waals surface area (Å²) in [6, 6.07) is 0.521. The summed E-state index contributed by atoms with van der Waals surface area (Å²) in [5, 5.41) is 23.8. The number of hydrogen-bond acceptors (Lipinski definition) is 8. The van der Waals surface area contributed by atoms with Crippen molar-refractivity contribution in [2.45, 2.75) is 168 Å². The molecule has 8 fully saturated rings. The van der Waals surface area contributed by atoms with E-state index in [1.807, 2.05) is 27.7 Å². The highest BCUT2D eigenvalue weighted by Crippen LogP contribution is 2.89. The molecule has 0 bridgehead atoms. The molecule has 8 nitrogen and oxygen atoms in total. The van der Waals surface area contributed by atoms with Crippen molar-refractivity contribution in [3.8, 4) is 0 Å². The van der Waals surface area contributed by atoms with Gasteiger partial charge in [0.1, 0.15) is 6.10 Å². The first-order valence-corrected chi connectivity index (χ1v) is 19.8. The number of aliphatic hydroxyl groups excluding tert-OH is 1. The van der Waals surface area contributed by atoms with Gasteiger partial charge in [-0.15, -0.1) is 0 Å². The summed E-state index contributed by atoms with van der Waals surface area (Å²) in [6.45, 7) is 24.3. The lowest BCUT2D eigenvalue weighted by molar-refractivity contribution is -0.256. The van der Waals surface area contributed by atoms with E-state index in [0.29, 0.717) is 40.5 Å². The Labute approximate surface area is 290 Å². The number of fused-ring (bicyclic) bond motifs is 4. The van der Waals surface area contributed by atoms with Crippen molar-refractivity contribution >= 4 is 0 Å². The molecule has 3 aliphatic heterocycles. The number of rotatable bonds is 7. The summed E-state index contributed by atoms with van der Waals surface area (Å²) in [4.78, 5) is 2.51. The van der Waals surface area contributed by atoms with Crippen LogP contribution in [0.4, 0.5) is 0 Å². The van der Waals surface area contributed by atoms with Gasteiger partial charge in [0, 0.05) is 12.0 Å². The van der Waals surface area contributed by atoms with Gasteiger partial charge in [-0.1, -0.05) is 34.6 Å². The topological polar surface area (TPSA) is 89.9 Å². The van der Waals surface area contributed by atoms with Gasteiger partial charge in [-0.2, -0.15) is 0 Å². The summed E-state index contributed by atoms with van der Waals surface area (Å²) in [5.74, 6) is 1.83. The molecule has 8 rings (SSSR count). The summed E-state index contributed by atoms with van der Waals surface area (Å²) in [5.41, 5.74) is -0.479. The van der Waals surface area contributed by atoms with Gasteiger partial charge in [0.05, 0.1) is 68.5 Å². The molecule has 0 amide bonds. The fourth-order valence-corrected chi connectivity index (χ4v) is 14.4. The van der Waals surface area contributed by atoms with Crippen molar-refractivity contribution in [3.05, 3.63) is 0 Å². The summed E-state index contributed by atoms with van der Waals surface area (Å²) < 4.78 is 32.0. The van der Waals surface area contributed by atoms with E-state index in [0.717, 1.165) is 45.8 Å². The molecule has 5 aliphatic carbocycles. The van der Waals surface area contributed by atoms with E-state index in [-0.39, 0.29) is 47.0 Å². The second-order valence-corrected chi connectivity index (χ2v) is 19.9. The minimum absolute atomic E-state index is 0.0117. The van der Waals surface area contributed by atoms with Gasteiger partial charge < -0.3 is 33.9 Å². The quantitative estimate of drug-likeness (QED) is 0.351. The van der Waals surface area contributed by atoms with Crippen molar-refractivity contribution in [2.24, 2.45) is 50.7 Å². The van der Waals surface area contributed by atoms with Crippen LogP contribution in [0, 0.1) is 50.7 Å². The van der Waals surface area contributed by atoms with Gasteiger partial charge in [-0.3, -0.25) is 4.90 Å². The molecule has 8 unspecified atom stereocenters. The molecule has 274 valence electrons. The lowest BCUT2D eigenvalue weighted by Crippen LogP contribution is -2.60.